The Bertz CT molecular complexity index is 479. The molecule has 0 aliphatic carbocycles. The summed E-state index contributed by atoms with van der Waals surface area (Å²) < 4.78 is 5.97. The first-order valence-electron chi connectivity index (χ1n) is 7.32. The Kier molecular flexibility index (Phi) is 3.92. The van der Waals surface area contributed by atoms with Crippen LogP contribution in [0.4, 0.5) is 5.69 Å². The van der Waals surface area contributed by atoms with Gasteiger partial charge in [-0.2, -0.15) is 0 Å². The minimum Gasteiger partial charge on any atom is -0.371 e. The monoisotopic (exact) mass is 275 g/mol. The molecule has 0 N–H and O–H groups in total. The highest BCUT2D eigenvalue weighted by Crippen LogP contribution is 2.39. The van der Waals surface area contributed by atoms with E-state index in [2.05, 4.69) is 24.0 Å². The van der Waals surface area contributed by atoms with E-state index in [1.807, 2.05) is 45.9 Å². The third kappa shape index (κ3) is 2.73. The van der Waals surface area contributed by atoms with Gasteiger partial charge in [0.1, 0.15) is 5.60 Å². The number of carbonyl (C=O) groups excluding carboxylic acids is 1. The normalized spacial score (nSPS) is 23.9. The summed E-state index contributed by atoms with van der Waals surface area (Å²) in [6, 6.07) is 10.2. The summed E-state index contributed by atoms with van der Waals surface area (Å²) in [6.45, 7) is 11.5. The summed E-state index contributed by atoms with van der Waals surface area (Å²) in [4.78, 5) is 14.8. The van der Waals surface area contributed by atoms with Crippen molar-refractivity contribution in [2.24, 2.45) is 5.92 Å². The Labute approximate surface area is 121 Å². The van der Waals surface area contributed by atoms with E-state index in [9.17, 15) is 4.79 Å². The molecule has 20 heavy (non-hydrogen) atoms. The summed E-state index contributed by atoms with van der Waals surface area (Å²) in [5.74, 6) is 0.106. The van der Waals surface area contributed by atoms with Crippen LogP contribution in [0.5, 0.6) is 0 Å². The molecule has 110 valence electrons. The fourth-order valence-electron chi connectivity index (χ4n) is 3.09. The minimum atomic E-state index is -0.676. The van der Waals surface area contributed by atoms with Gasteiger partial charge in [0.25, 0.3) is 0 Å². The van der Waals surface area contributed by atoms with Crippen LogP contribution >= 0.6 is 0 Å². The number of hydrogen-bond donors (Lipinski definition) is 0. The fourth-order valence-corrected chi connectivity index (χ4v) is 3.09. The van der Waals surface area contributed by atoms with E-state index in [1.54, 1.807) is 0 Å². The zero-order chi connectivity index (χ0) is 15.0. The second-order valence-corrected chi connectivity index (χ2v) is 6.51. The highest BCUT2D eigenvalue weighted by molar-refractivity contribution is 5.92. The van der Waals surface area contributed by atoms with Gasteiger partial charge in [0, 0.05) is 18.8 Å². The van der Waals surface area contributed by atoms with Crippen molar-refractivity contribution in [1.82, 2.24) is 0 Å². The Hall–Kier alpha value is -1.35. The van der Waals surface area contributed by atoms with Crippen molar-refractivity contribution in [3.8, 4) is 0 Å². The lowest BCUT2D eigenvalue weighted by atomic mass is 9.85. The quantitative estimate of drug-likeness (QED) is 0.844. The molecule has 1 aliphatic heterocycles. The Morgan fingerprint density at radius 1 is 1.15 bits per heavy atom. The lowest BCUT2D eigenvalue weighted by Crippen LogP contribution is -2.41. The van der Waals surface area contributed by atoms with E-state index in [0.717, 1.165) is 12.2 Å². The average molecular weight is 275 g/mol. The predicted octanol–water partition coefficient (Wildman–Crippen LogP) is 3.29. The molecule has 0 spiro atoms. The fraction of sp³-hybridized carbons (Fsp3) is 0.588. The zero-order valence-corrected chi connectivity index (χ0v) is 13.1. The predicted molar refractivity (Wildman–Crippen MR) is 82.1 cm³/mol. The first-order chi connectivity index (χ1) is 9.28. The number of hydrogen-bond acceptors (Lipinski definition) is 3. The van der Waals surface area contributed by atoms with Gasteiger partial charge >= 0.3 is 0 Å². The molecule has 3 heteroatoms. The van der Waals surface area contributed by atoms with Gasteiger partial charge in [-0.3, -0.25) is 4.79 Å². The standard InChI is InChI=1S/C17H25NO2/c1-6-18(13-10-8-7-9-11-13)12-14-15(19)17(4,5)20-16(14,2)3/h7-11,14H,6,12H2,1-5H3. The van der Waals surface area contributed by atoms with Crippen molar-refractivity contribution in [2.75, 3.05) is 18.0 Å². The summed E-state index contributed by atoms with van der Waals surface area (Å²) in [6.07, 6.45) is 0. The summed E-state index contributed by atoms with van der Waals surface area (Å²) >= 11 is 0. The van der Waals surface area contributed by atoms with Crippen LogP contribution in [-0.4, -0.2) is 30.1 Å². The van der Waals surface area contributed by atoms with Crippen LogP contribution in [0, 0.1) is 5.92 Å². The molecule has 1 aliphatic rings. The van der Waals surface area contributed by atoms with Crippen molar-refractivity contribution in [2.45, 2.75) is 45.8 Å². The molecule has 2 rings (SSSR count). The molecule has 0 bridgehead atoms. The summed E-state index contributed by atoms with van der Waals surface area (Å²) in [5, 5.41) is 0. The van der Waals surface area contributed by atoms with Crippen molar-refractivity contribution in [3.63, 3.8) is 0 Å². The number of ketones is 1. The highest BCUT2D eigenvalue weighted by atomic mass is 16.5. The number of benzene rings is 1. The van der Waals surface area contributed by atoms with E-state index in [1.165, 1.54) is 0 Å². The molecule has 1 aromatic carbocycles. The van der Waals surface area contributed by atoms with Crippen LogP contribution in [0.2, 0.25) is 0 Å². The highest BCUT2D eigenvalue weighted by Gasteiger charge is 2.53. The molecule has 1 fully saturated rings. The third-order valence-electron chi connectivity index (χ3n) is 4.17. The number of rotatable bonds is 4. The first-order valence-corrected chi connectivity index (χ1v) is 7.32. The van der Waals surface area contributed by atoms with E-state index >= 15 is 0 Å². The van der Waals surface area contributed by atoms with E-state index in [-0.39, 0.29) is 11.7 Å². The molecule has 3 nitrogen and oxygen atoms in total. The Balaban J connectivity index is 2.22. The van der Waals surface area contributed by atoms with Gasteiger partial charge in [-0.1, -0.05) is 18.2 Å². The van der Waals surface area contributed by atoms with Gasteiger partial charge in [0.15, 0.2) is 5.78 Å². The van der Waals surface area contributed by atoms with Gasteiger partial charge in [-0.25, -0.2) is 0 Å². The molecule has 1 saturated heterocycles. The number of nitrogens with zero attached hydrogens (tertiary/aromatic N) is 1. The van der Waals surface area contributed by atoms with Crippen LogP contribution in [0.15, 0.2) is 30.3 Å². The second-order valence-electron chi connectivity index (χ2n) is 6.51. The van der Waals surface area contributed by atoms with Crippen LogP contribution in [0.25, 0.3) is 0 Å². The molecular formula is C17H25NO2. The zero-order valence-electron chi connectivity index (χ0n) is 13.1. The van der Waals surface area contributed by atoms with Crippen molar-refractivity contribution >= 4 is 11.5 Å². The maximum atomic E-state index is 12.6. The molecular weight excluding hydrogens is 250 g/mol. The summed E-state index contributed by atoms with van der Waals surface area (Å²) in [7, 11) is 0. The minimum absolute atomic E-state index is 0.0994. The number of Topliss-reactive ketones (excluding diaryl/α,β-unsaturated/α-hetero) is 1. The largest absolute Gasteiger partial charge is 0.371 e. The van der Waals surface area contributed by atoms with Gasteiger partial charge < -0.3 is 9.64 Å². The smallest absolute Gasteiger partial charge is 0.171 e. The van der Waals surface area contributed by atoms with Gasteiger partial charge in [0.2, 0.25) is 0 Å². The van der Waals surface area contributed by atoms with Crippen LogP contribution in [-0.2, 0) is 9.53 Å². The van der Waals surface area contributed by atoms with Crippen LogP contribution < -0.4 is 4.90 Å². The van der Waals surface area contributed by atoms with Crippen molar-refractivity contribution in [1.29, 1.82) is 0 Å². The molecule has 1 heterocycles. The number of carbonyl (C=O) groups is 1. The molecule has 1 atom stereocenters. The molecule has 0 saturated carbocycles. The number of ether oxygens (including phenoxy) is 1. The topological polar surface area (TPSA) is 29.5 Å². The summed E-state index contributed by atoms with van der Waals surface area (Å²) in [5.41, 5.74) is 0.0656. The van der Waals surface area contributed by atoms with Gasteiger partial charge in [0.05, 0.1) is 11.5 Å². The second kappa shape index (κ2) is 5.21. The Morgan fingerprint density at radius 2 is 1.75 bits per heavy atom. The molecule has 0 amide bonds. The van der Waals surface area contributed by atoms with Crippen LogP contribution in [0.3, 0.4) is 0 Å². The van der Waals surface area contributed by atoms with Crippen molar-refractivity contribution in [3.05, 3.63) is 30.3 Å². The number of anilines is 1. The van der Waals surface area contributed by atoms with Crippen LogP contribution in [0.1, 0.15) is 34.6 Å². The van der Waals surface area contributed by atoms with E-state index in [0.29, 0.717) is 6.54 Å². The first kappa shape index (κ1) is 15.0. The Morgan fingerprint density at radius 3 is 2.20 bits per heavy atom. The van der Waals surface area contributed by atoms with E-state index in [4.69, 9.17) is 4.74 Å². The molecule has 0 aromatic heterocycles. The molecule has 1 aromatic rings. The van der Waals surface area contributed by atoms with Gasteiger partial charge in [-0.15, -0.1) is 0 Å². The average Bonchev–Trinajstić information content (AvgIpc) is 2.53. The SMILES string of the molecule is CCN(CC1C(=O)C(C)(C)OC1(C)C)c1ccccc1. The lowest BCUT2D eigenvalue weighted by molar-refractivity contribution is -0.132. The third-order valence-corrected chi connectivity index (χ3v) is 4.17. The van der Waals surface area contributed by atoms with E-state index < -0.39 is 11.2 Å². The molecule has 1 unspecified atom stereocenters. The lowest BCUT2D eigenvalue weighted by Gasteiger charge is -2.31. The van der Waals surface area contributed by atoms with Gasteiger partial charge in [-0.05, 0) is 46.8 Å². The van der Waals surface area contributed by atoms with Crippen molar-refractivity contribution < 1.29 is 9.53 Å². The molecule has 0 radical (unpaired) electrons. The number of para-hydroxylation sites is 1. The maximum absolute atomic E-state index is 12.6. The maximum Gasteiger partial charge on any atom is 0.171 e.